The number of carbonyl (C=O) groups is 1. The second-order valence-electron chi connectivity index (χ2n) is 5.28. The quantitative estimate of drug-likeness (QED) is 0.858. The van der Waals surface area contributed by atoms with Gasteiger partial charge in [0.2, 0.25) is 0 Å². The highest BCUT2D eigenvalue weighted by Gasteiger charge is 2.46. The van der Waals surface area contributed by atoms with E-state index in [1.54, 1.807) is 10.3 Å². The minimum Gasteiger partial charge on any atom is -0.386 e. The number of rotatable bonds is 3. The molecule has 0 radical (unpaired) electrons. The fourth-order valence-electron chi connectivity index (χ4n) is 1.88. The fraction of sp³-hybridized carbons (Fsp3) is 0.667. The summed E-state index contributed by atoms with van der Waals surface area (Å²) in [7, 11) is 0. The molecule has 1 unspecified atom stereocenters. The third kappa shape index (κ3) is 2.28. The number of thiazole rings is 1. The second-order valence-corrected chi connectivity index (χ2v) is 6.17. The number of aliphatic hydroxyl groups is 1. The van der Waals surface area contributed by atoms with E-state index in [0.717, 1.165) is 5.01 Å². The Balaban J connectivity index is 2.01. The van der Waals surface area contributed by atoms with Gasteiger partial charge in [-0.15, -0.1) is 11.3 Å². The zero-order valence-electron chi connectivity index (χ0n) is 10.9. The van der Waals surface area contributed by atoms with Gasteiger partial charge in [0.05, 0.1) is 19.1 Å². The summed E-state index contributed by atoms with van der Waals surface area (Å²) in [5.74, 6) is 0.0279. The first-order chi connectivity index (χ1) is 8.33. The van der Waals surface area contributed by atoms with Crippen LogP contribution in [-0.2, 0) is 0 Å². The highest BCUT2D eigenvalue weighted by atomic mass is 32.1. The van der Waals surface area contributed by atoms with Crippen molar-refractivity contribution in [1.82, 2.24) is 9.88 Å². The van der Waals surface area contributed by atoms with Crippen molar-refractivity contribution < 1.29 is 9.90 Å². The first kappa shape index (κ1) is 13.5. The van der Waals surface area contributed by atoms with E-state index in [-0.39, 0.29) is 17.9 Å². The molecular weight excluding hydrogens is 250 g/mol. The lowest BCUT2D eigenvalue weighted by Crippen LogP contribution is -2.66. The fourth-order valence-corrected chi connectivity index (χ4v) is 2.63. The average Bonchev–Trinajstić information content (AvgIpc) is 2.72. The van der Waals surface area contributed by atoms with Crippen LogP contribution >= 0.6 is 11.3 Å². The molecule has 1 fully saturated rings. The van der Waals surface area contributed by atoms with E-state index in [9.17, 15) is 9.90 Å². The van der Waals surface area contributed by atoms with Gasteiger partial charge in [0.1, 0.15) is 16.3 Å². The molecule has 0 spiro atoms. The summed E-state index contributed by atoms with van der Waals surface area (Å²) >= 11 is 1.40. The predicted molar refractivity (Wildman–Crippen MR) is 70.4 cm³/mol. The van der Waals surface area contributed by atoms with Gasteiger partial charge in [0, 0.05) is 5.38 Å². The van der Waals surface area contributed by atoms with Crippen LogP contribution in [-0.4, -0.2) is 39.6 Å². The molecule has 2 rings (SSSR count). The molecule has 1 atom stereocenters. The van der Waals surface area contributed by atoms with Crippen molar-refractivity contribution in [3.8, 4) is 0 Å². The zero-order chi connectivity index (χ0) is 13.5. The molecule has 0 aromatic carbocycles. The molecular formula is C12H19N3O2S. The smallest absolute Gasteiger partial charge is 0.273 e. The summed E-state index contributed by atoms with van der Waals surface area (Å²) in [5.41, 5.74) is 5.40. The monoisotopic (exact) mass is 269 g/mol. The summed E-state index contributed by atoms with van der Waals surface area (Å²) in [6, 6.07) is -0.152. The summed E-state index contributed by atoms with van der Waals surface area (Å²) < 4.78 is 0. The maximum absolute atomic E-state index is 12.1. The summed E-state index contributed by atoms with van der Waals surface area (Å²) in [6.07, 6.45) is 0. The summed E-state index contributed by atoms with van der Waals surface area (Å²) in [5, 5.41) is 12.6. The molecule has 1 aliphatic rings. The van der Waals surface area contributed by atoms with Crippen molar-refractivity contribution in [3.63, 3.8) is 0 Å². The molecule has 100 valence electrons. The Bertz CT molecular complexity index is 450. The van der Waals surface area contributed by atoms with E-state index < -0.39 is 5.60 Å². The second kappa shape index (κ2) is 4.60. The Labute approximate surface area is 111 Å². The van der Waals surface area contributed by atoms with Crippen LogP contribution in [0.25, 0.3) is 0 Å². The van der Waals surface area contributed by atoms with Crippen LogP contribution in [0.5, 0.6) is 0 Å². The topological polar surface area (TPSA) is 79.5 Å². The van der Waals surface area contributed by atoms with Gasteiger partial charge in [-0.1, -0.05) is 13.8 Å². The van der Waals surface area contributed by atoms with Crippen molar-refractivity contribution in [3.05, 3.63) is 16.1 Å². The van der Waals surface area contributed by atoms with Crippen LogP contribution in [0.2, 0.25) is 0 Å². The molecule has 0 bridgehead atoms. The van der Waals surface area contributed by atoms with E-state index in [2.05, 4.69) is 4.98 Å². The number of amides is 1. The van der Waals surface area contributed by atoms with Crippen molar-refractivity contribution in [2.24, 2.45) is 11.7 Å². The molecule has 6 heteroatoms. The van der Waals surface area contributed by atoms with Crippen LogP contribution in [0.15, 0.2) is 5.38 Å². The molecule has 2 heterocycles. The molecule has 1 saturated heterocycles. The van der Waals surface area contributed by atoms with Crippen molar-refractivity contribution in [2.75, 3.05) is 13.1 Å². The van der Waals surface area contributed by atoms with Gasteiger partial charge in [-0.3, -0.25) is 4.79 Å². The third-order valence-electron chi connectivity index (χ3n) is 3.42. The number of nitrogens with zero attached hydrogens (tertiary/aromatic N) is 2. The van der Waals surface area contributed by atoms with Crippen molar-refractivity contribution >= 4 is 17.2 Å². The van der Waals surface area contributed by atoms with Crippen LogP contribution in [0.3, 0.4) is 0 Å². The Morgan fingerprint density at radius 3 is 2.61 bits per heavy atom. The van der Waals surface area contributed by atoms with Gasteiger partial charge in [-0.2, -0.15) is 0 Å². The normalized spacial score (nSPS) is 19.8. The van der Waals surface area contributed by atoms with Crippen molar-refractivity contribution in [1.29, 1.82) is 0 Å². The highest BCUT2D eigenvalue weighted by molar-refractivity contribution is 7.09. The van der Waals surface area contributed by atoms with Gasteiger partial charge < -0.3 is 15.7 Å². The minimum absolute atomic E-state index is 0.122. The number of β-amino-alcohol motifs (C(OH)–C–C–N with tert-alkyl or cyclic N) is 1. The molecule has 18 heavy (non-hydrogen) atoms. The number of nitrogens with two attached hydrogens (primary N) is 1. The van der Waals surface area contributed by atoms with Gasteiger partial charge in [0.25, 0.3) is 5.91 Å². The van der Waals surface area contributed by atoms with Gasteiger partial charge in [-0.25, -0.2) is 4.98 Å². The molecule has 1 aromatic heterocycles. The Morgan fingerprint density at radius 2 is 2.17 bits per heavy atom. The Morgan fingerprint density at radius 1 is 1.56 bits per heavy atom. The van der Waals surface area contributed by atoms with Gasteiger partial charge >= 0.3 is 0 Å². The van der Waals surface area contributed by atoms with Crippen molar-refractivity contribution in [2.45, 2.75) is 32.4 Å². The minimum atomic E-state index is -0.740. The standard InChI is InChI=1S/C12H19N3O2S/c1-7(2)12(17)5-15(6-12)11(16)9-4-18-10(14-9)8(3)13/h4,7-8,17H,5-6,13H2,1-3H3. The van der Waals surface area contributed by atoms with E-state index in [0.29, 0.717) is 18.8 Å². The molecule has 1 aromatic rings. The van der Waals surface area contributed by atoms with Crippen LogP contribution < -0.4 is 5.73 Å². The van der Waals surface area contributed by atoms with E-state index >= 15 is 0 Å². The SMILES string of the molecule is CC(N)c1nc(C(=O)N2CC(O)(C(C)C)C2)cs1. The molecule has 1 aliphatic heterocycles. The van der Waals surface area contributed by atoms with E-state index in [1.807, 2.05) is 20.8 Å². The first-order valence-corrected chi connectivity index (χ1v) is 6.94. The Kier molecular flexibility index (Phi) is 3.44. The molecule has 1 amide bonds. The lowest BCUT2D eigenvalue weighted by Gasteiger charge is -2.48. The maximum atomic E-state index is 12.1. The number of hydrogen-bond donors (Lipinski definition) is 2. The van der Waals surface area contributed by atoms with E-state index in [4.69, 9.17) is 5.73 Å². The average molecular weight is 269 g/mol. The predicted octanol–water partition coefficient (Wildman–Crippen LogP) is 1.01. The van der Waals surface area contributed by atoms with Gasteiger partial charge in [0.15, 0.2) is 0 Å². The lowest BCUT2D eigenvalue weighted by atomic mass is 9.83. The van der Waals surface area contributed by atoms with Gasteiger partial charge in [-0.05, 0) is 12.8 Å². The summed E-state index contributed by atoms with van der Waals surface area (Å²) in [4.78, 5) is 17.9. The van der Waals surface area contributed by atoms with Crippen LogP contribution in [0, 0.1) is 5.92 Å². The summed E-state index contributed by atoms with van der Waals surface area (Å²) in [6.45, 7) is 6.52. The number of carbonyl (C=O) groups excluding carboxylic acids is 1. The number of aromatic nitrogens is 1. The largest absolute Gasteiger partial charge is 0.386 e. The first-order valence-electron chi connectivity index (χ1n) is 6.06. The van der Waals surface area contributed by atoms with Crippen LogP contribution in [0.4, 0.5) is 0 Å². The highest BCUT2D eigenvalue weighted by Crippen LogP contribution is 2.30. The molecule has 0 saturated carbocycles. The maximum Gasteiger partial charge on any atom is 0.273 e. The van der Waals surface area contributed by atoms with Crippen LogP contribution in [0.1, 0.15) is 42.3 Å². The molecule has 0 aliphatic carbocycles. The molecule has 5 nitrogen and oxygen atoms in total. The van der Waals surface area contributed by atoms with E-state index in [1.165, 1.54) is 11.3 Å². The molecule has 3 N–H and O–H groups in total. The third-order valence-corrected chi connectivity index (χ3v) is 4.47. The lowest BCUT2D eigenvalue weighted by molar-refractivity contribution is -0.111. The Hall–Kier alpha value is -0.980. The zero-order valence-corrected chi connectivity index (χ0v) is 11.7. The number of likely N-dealkylation sites (tertiary alicyclic amines) is 1. The number of hydrogen-bond acceptors (Lipinski definition) is 5.